The predicted octanol–water partition coefficient (Wildman–Crippen LogP) is 3.00. The summed E-state index contributed by atoms with van der Waals surface area (Å²) in [4.78, 5) is 0. The third-order valence-electron chi connectivity index (χ3n) is 3.02. The molecule has 0 bridgehead atoms. The first-order chi connectivity index (χ1) is 9.04. The number of nitrogens with zero attached hydrogens (tertiary/aromatic N) is 2. The van der Waals surface area contributed by atoms with Crippen LogP contribution in [0.4, 0.5) is 8.78 Å². The van der Waals surface area contributed by atoms with E-state index >= 15 is 0 Å². The summed E-state index contributed by atoms with van der Waals surface area (Å²) in [7, 11) is 1.84. The van der Waals surface area contributed by atoms with Gasteiger partial charge in [0.25, 0.3) is 0 Å². The maximum absolute atomic E-state index is 13.9. The molecule has 1 aromatic heterocycles. The first kappa shape index (κ1) is 14.1. The molecule has 0 aliphatic carbocycles. The molecule has 1 N–H and O–H groups in total. The van der Waals surface area contributed by atoms with Crippen molar-refractivity contribution in [3.8, 4) is 0 Å². The summed E-state index contributed by atoms with van der Waals surface area (Å²) in [6, 6.07) is 2.60. The Morgan fingerprint density at radius 1 is 1.37 bits per heavy atom. The lowest BCUT2D eigenvalue weighted by Gasteiger charge is -2.09. The Kier molecular flexibility index (Phi) is 4.31. The van der Waals surface area contributed by atoms with Crippen LogP contribution < -0.4 is 5.32 Å². The molecule has 2 aromatic rings. The Balaban J connectivity index is 2.34. The van der Waals surface area contributed by atoms with Gasteiger partial charge in [0, 0.05) is 23.4 Å². The third kappa shape index (κ3) is 2.84. The van der Waals surface area contributed by atoms with E-state index in [0.717, 1.165) is 11.3 Å². The predicted molar refractivity (Wildman–Crippen MR) is 72.9 cm³/mol. The summed E-state index contributed by atoms with van der Waals surface area (Å²) in [6.45, 7) is 2.63. The van der Waals surface area contributed by atoms with Gasteiger partial charge >= 0.3 is 0 Å². The summed E-state index contributed by atoms with van der Waals surface area (Å²) < 4.78 is 29.4. The zero-order chi connectivity index (χ0) is 14.0. The fourth-order valence-corrected chi connectivity index (χ4v) is 2.24. The number of hydrogen-bond donors (Lipinski definition) is 1. The summed E-state index contributed by atoms with van der Waals surface area (Å²) in [5.74, 6) is -1.14. The maximum Gasteiger partial charge on any atom is 0.145 e. The SMILES string of the molecule is CNCc1cnn(Cc2c(F)ccc(Br)c2F)c1C. The van der Waals surface area contributed by atoms with Crippen molar-refractivity contribution < 1.29 is 8.78 Å². The van der Waals surface area contributed by atoms with Gasteiger partial charge in [0.15, 0.2) is 0 Å². The average molecular weight is 330 g/mol. The summed E-state index contributed by atoms with van der Waals surface area (Å²) in [5, 5.41) is 7.19. The molecule has 102 valence electrons. The van der Waals surface area contributed by atoms with Gasteiger partial charge in [-0.1, -0.05) is 0 Å². The highest BCUT2D eigenvalue weighted by Crippen LogP contribution is 2.23. The van der Waals surface area contributed by atoms with Gasteiger partial charge in [0.05, 0.1) is 17.2 Å². The first-order valence-corrected chi connectivity index (χ1v) is 6.62. The van der Waals surface area contributed by atoms with Crippen LogP contribution in [-0.2, 0) is 13.1 Å². The summed E-state index contributed by atoms with van der Waals surface area (Å²) >= 11 is 3.06. The van der Waals surface area contributed by atoms with Crippen LogP contribution in [-0.4, -0.2) is 16.8 Å². The second-order valence-electron chi connectivity index (χ2n) is 4.26. The Hall–Kier alpha value is -1.27. The number of aromatic nitrogens is 2. The van der Waals surface area contributed by atoms with Crippen LogP contribution in [0.25, 0.3) is 0 Å². The Bertz CT molecular complexity index is 596. The minimum absolute atomic E-state index is 0.0107. The molecule has 19 heavy (non-hydrogen) atoms. The molecule has 0 amide bonds. The van der Waals surface area contributed by atoms with Crippen LogP contribution in [0.1, 0.15) is 16.8 Å². The quantitative estimate of drug-likeness (QED) is 0.874. The number of hydrogen-bond acceptors (Lipinski definition) is 2. The normalized spacial score (nSPS) is 11.0. The van der Waals surface area contributed by atoms with Crippen LogP contribution in [0.3, 0.4) is 0 Å². The highest BCUT2D eigenvalue weighted by atomic mass is 79.9. The van der Waals surface area contributed by atoms with Crippen LogP contribution >= 0.6 is 15.9 Å². The Morgan fingerprint density at radius 2 is 2.11 bits per heavy atom. The van der Waals surface area contributed by atoms with Crippen LogP contribution in [0, 0.1) is 18.6 Å². The zero-order valence-electron chi connectivity index (χ0n) is 10.7. The second kappa shape index (κ2) is 5.79. The van der Waals surface area contributed by atoms with Gasteiger partial charge in [-0.3, -0.25) is 4.68 Å². The van der Waals surface area contributed by atoms with E-state index in [1.165, 1.54) is 12.1 Å². The van der Waals surface area contributed by atoms with Crippen LogP contribution in [0.15, 0.2) is 22.8 Å². The van der Waals surface area contributed by atoms with Crippen LogP contribution in [0.5, 0.6) is 0 Å². The Morgan fingerprint density at radius 3 is 2.79 bits per heavy atom. The largest absolute Gasteiger partial charge is 0.316 e. The number of benzene rings is 1. The molecule has 0 aliphatic heterocycles. The number of nitrogens with one attached hydrogen (secondary N) is 1. The van der Waals surface area contributed by atoms with Gasteiger partial charge in [-0.25, -0.2) is 8.78 Å². The van der Waals surface area contributed by atoms with Crippen molar-refractivity contribution in [3.05, 3.63) is 51.3 Å². The van der Waals surface area contributed by atoms with Gasteiger partial charge < -0.3 is 5.32 Å². The van der Waals surface area contributed by atoms with Crippen molar-refractivity contribution in [2.75, 3.05) is 7.05 Å². The van der Waals surface area contributed by atoms with E-state index in [-0.39, 0.29) is 16.6 Å². The van der Waals surface area contributed by atoms with Crippen molar-refractivity contribution in [1.29, 1.82) is 0 Å². The van der Waals surface area contributed by atoms with Gasteiger partial charge in [-0.05, 0) is 42.0 Å². The fraction of sp³-hybridized carbons (Fsp3) is 0.308. The van der Waals surface area contributed by atoms with Crippen molar-refractivity contribution in [1.82, 2.24) is 15.1 Å². The highest BCUT2D eigenvalue weighted by Gasteiger charge is 2.15. The molecule has 0 radical (unpaired) electrons. The molecule has 1 heterocycles. The van der Waals surface area contributed by atoms with Crippen LogP contribution in [0.2, 0.25) is 0 Å². The van der Waals surface area contributed by atoms with E-state index in [1.807, 2.05) is 14.0 Å². The fourth-order valence-electron chi connectivity index (χ4n) is 1.87. The summed E-state index contributed by atoms with van der Waals surface area (Å²) in [5.41, 5.74) is 1.92. The lowest BCUT2D eigenvalue weighted by Crippen LogP contribution is -2.10. The minimum Gasteiger partial charge on any atom is -0.316 e. The maximum atomic E-state index is 13.9. The van der Waals surface area contributed by atoms with E-state index in [9.17, 15) is 8.78 Å². The van der Waals surface area contributed by atoms with Crippen molar-refractivity contribution >= 4 is 15.9 Å². The van der Waals surface area contributed by atoms with E-state index in [2.05, 4.69) is 26.3 Å². The van der Waals surface area contributed by atoms with Gasteiger partial charge in [0.1, 0.15) is 11.6 Å². The number of halogens is 3. The standard InChI is InChI=1S/C13H14BrF2N3/c1-8-9(5-17-2)6-18-19(8)7-10-12(15)4-3-11(14)13(10)16/h3-4,6,17H,5,7H2,1-2H3. The Labute approximate surface area is 118 Å². The second-order valence-corrected chi connectivity index (χ2v) is 5.12. The first-order valence-electron chi connectivity index (χ1n) is 5.82. The topological polar surface area (TPSA) is 29.9 Å². The lowest BCUT2D eigenvalue weighted by molar-refractivity contribution is 0.526. The molecule has 0 saturated heterocycles. The molecule has 1 aromatic carbocycles. The molecule has 3 nitrogen and oxygen atoms in total. The average Bonchev–Trinajstić information content (AvgIpc) is 2.72. The van der Waals surface area contributed by atoms with Crippen molar-refractivity contribution in [3.63, 3.8) is 0 Å². The number of rotatable bonds is 4. The van der Waals surface area contributed by atoms with E-state index in [1.54, 1.807) is 10.9 Å². The highest BCUT2D eigenvalue weighted by molar-refractivity contribution is 9.10. The van der Waals surface area contributed by atoms with E-state index in [4.69, 9.17) is 0 Å². The minimum atomic E-state index is -0.579. The molecule has 0 fully saturated rings. The molecule has 0 saturated carbocycles. The van der Waals surface area contributed by atoms with E-state index < -0.39 is 11.6 Å². The molecule has 0 spiro atoms. The summed E-state index contributed by atoms with van der Waals surface area (Å²) in [6.07, 6.45) is 1.71. The smallest absolute Gasteiger partial charge is 0.145 e. The molecule has 0 unspecified atom stereocenters. The van der Waals surface area contributed by atoms with Crippen molar-refractivity contribution in [2.45, 2.75) is 20.0 Å². The molecular weight excluding hydrogens is 316 g/mol. The molecule has 2 rings (SSSR count). The van der Waals surface area contributed by atoms with Gasteiger partial charge in [0.2, 0.25) is 0 Å². The van der Waals surface area contributed by atoms with Gasteiger partial charge in [-0.2, -0.15) is 5.10 Å². The van der Waals surface area contributed by atoms with Crippen molar-refractivity contribution in [2.24, 2.45) is 0 Å². The lowest BCUT2D eigenvalue weighted by atomic mass is 10.2. The molecule has 0 atom stereocenters. The van der Waals surface area contributed by atoms with Gasteiger partial charge in [-0.15, -0.1) is 0 Å². The molecule has 6 heteroatoms. The molecule has 0 aliphatic rings. The monoisotopic (exact) mass is 329 g/mol. The molecular formula is C13H14BrF2N3. The third-order valence-corrected chi connectivity index (χ3v) is 3.63. The zero-order valence-corrected chi connectivity index (χ0v) is 12.3. The van der Waals surface area contributed by atoms with E-state index in [0.29, 0.717) is 6.54 Å².